The van der Waals surface area contributed by atoms with Crippen molar-refractivity contribution < 1.29 is 4.74 Å². The first kappa shape index (κ1) is 20.1. The van der Waals surface area contributed by atoms with Gasteiger partial charge >= 0.3 is 0 Å². The van der Waals surface area contributed by atoms with Gasteiger partial charge in [0, 0.05) is 43.2 Å². The molecule has 5 rings (SSSR count). The number of nitrogens with one attached hydrogen (secondary N) is 1. The number of aromatic nitrogens is 4. The van der Waals surface area contributed by atoms with Gasteiger partial charge in [0.1, 0.15) is 5.75 Å². The monoisotopic (exact) mass is 430 g/mol. The molecule has 0 saturated carbocycles. The molecule has 0 unspecified atom stereocenters. The average Bonchev–Trinajstić information content (AvgIpc) is 3.18. The quantitative estimate of drug-likeness (QED) is 0.451. The third-order valence-electron chi connectivity index (χ3n) is 5.89. The molecule has 1 fully saturated rings. The van der Waals surface area contributed by atoms with Crippen LogP contribution in [0.2, 0.25) is 0 Å². The predicted octanol–water partition coefficient (Wildman–Crippen LogP) is 2.88. The molecule has 1 aliphatic heterocycles. The van der Waals surface area contributed by atoms with E-state index >= 15 is 0 Å². The van der Waals surface area contributed by atoms with Gasteiger partial charge in [-0.25, -0.2) is 14.5 Å². The van der Waals surface area contributed by atoms with Gasteiger partial charge in [0.15, 0.2) is 0 Å². The van der Waals surface area contributed by atoms with Crippen molar-refractivity contribution in [3.63, 3.8) is 0 Å². The van der Waals surface area contributed by atoms with Gasteiger partial charge in [0.2, 0.25) is 5.95 Å². The standard InChI is InChI=1S/C23H26N8O/c1-29(2)15-13-30(14-15)21-11-22(32-3)19(10-17(21)24)28-23-25-8-7-18(27-23)16-12-26-31-9-5-4-6-20(16)31/h4-12,15H,13-14,24H2,1-3H3,(H,25,27,28). The molecule has 0 radical (unpaired) electrons. The molecule has 0 amide bonds. The molecule has 9 heteroatoms. The number of hydrogen-bond acceptors (Lipinski definition) is 8. The van der Waals surface area contributed by atoms with Crippen molar-refractivity contribution in [1.82, 2.24) is 24.5 Å². The number of nitrogens with zero attached hydrogens (tertiary/aromatic N) is 6. The summed E-state index contributed by atoms with van der Waals surface area (Å²) in [6.45, 7) is 1.88. The molecule has 9 nitrogen and oxygen atoms in total. The highest BCUT2D eigenvalue weighted by Gasteiger charge is 2.30. The Morgan fingerprint density at radius 2 is 2.03 bits per heavy atom. The van der Waals surface area contributed by atoms with Crippen LogP contribution in [-0.2, 0) is 0 Å². The summed E-state index contributed by atoms with van der Waals surface area (Å²) in [5.41, 5.74) is 11.5. The van der Waals surface area contributed by atoms with E-state index in [-0.39, 0.29) is 0 Å². The van der Waals surface area contributed by atoms with Gasteiger partial charge in [-0.1, -0.05) is 6.07 Å². The van der Waals surface area contributed by atoms with Crippen molar-refractivity contribution in [1.29, 1.82) is 0 Å². The van der Waals surface area contributed by atoms with Crippen LogP contribution < -0.4 is 20.7 Å². The molecule has 4 aromatic rings. The van der Waals surface area contributed by atoms with Gasteiger partial charge in [0.25, 0.3) is 0 Å². The highest BCUT2D eigenvalue weighted by atomic mass is 16.5. The first-order valence-corrected chi connectivity index (χ1v) is 10.4. The van der Waals surface area contributed by atoms with E-state index in [9.17, 15) is 0 Å². The minimum absolute atomic E-state index is 0.458. The Morgan fingerprint density at radius 1 is 1.19 bits per heavy atom. The Morgan fingerprint density at radius 3 is 2.81 bits per heavy atom. The molecule has 0 bridgehead atoms. The highest BCUT2D eigenvalue weighted by Crippen LogP contribution is 2.38. The molecular formula is C23H26N8O. The second-order valence-electron chi connectivity index (χ2n) is 8.11. The summed E-state index contributed by atoms with van der Waals surface area (Å²) < 4.78 is 7.47. The van der Waals surface area contributed by atoms with Crippen molar-refractivity contribution >= 4 is 28.5 Å². The highest BCUT2D eigenvalue weighted by molar-refractivity contribution is 5.81. The van der Waals surface area contributed by atoms with E-state index in [4.69, 9.17) is 15.5 Å². The SMILES string of the molecule is COc1cc(N2CC(N(C)C)C2)c(N)cc1Nc1nccc(-c2cnn3ccccc23)n1. The molecule has 1 saturated heterocycles. The lowest BCUT2D eigenvalue weighted by molar-refractivity contribution is 0.247. The van der Waals surface area contributed by atoms with Crippen molar-refractivity contribution in [3.8, 4) is 17.0 Å². The van der Waals surface area contributed by atoms with Crippen LogP contribution in [0.5, 0.6) is 5.75 Å². The van der Waals surface area contributed by atoms with Crippen molar-refractivity contribution in [2.75, 3.05) is 50.2 Å². The number of likely N-dealkylation sites (N-methyl/N-ethyl adjacent to an activating group) is 1. The third-order valence-corrected chi connectivity index (χ3v) is 5.89. The van der Waals surface area contributed by atoms with E-state index in [1.807, 2.05) is 53.3 Å². The lowest BCUT2D eigenvalue weighted by atomic mass is 10.1. The molecule has 0 aliphatic carbocycles. The van der Waals surface area contributed by atoms with Gasteiger partial charge in [-0.3, -0.25) is 0 Å². The Labute approximate surface area is 186 Å². The second kappa shape index (κ2) is 8.01. The van der Waals surface area contributed by atoms with E-state index in [1.165, 1.54) is 0 Å². The summed E-state index contributed by atoms with van der Waals surface area (Å²) in [5.74, 6) is 1.15. The van der Waals surface area contributed by atoms with Crippen molar-refractivity contribution in [3.05, 3.63) is 55.0 Å². The largest absolute Gasteiger partial charge is 0.494 e. The molecule has 1 aromatic carbocycles. The first-order valence-electron chi connectivity index (χ1n) is 10.4. The van der Waals surface area contributed by atoms with E-state index in [1.54, 1.807) is 13.3 Å². The number of pyridine rings is 1. The molecule has 0 spiro atoms. The zero-order valence-electron chi connectivity index (χ0n) is 18.4. The molecule has 3 N–H and O–H groups in total. The van der Waals surface area contributed by atoms with Crippen LogP contribution in [0.4, 0.5) is 23.0 Å². The van der Waals surface area contributed by atoms with Gasteiger partial charge in [0.05, 0.1) is 41.6 Å². The lowest BCUT2D eigenvalue weighted by Crippen LogP contribution is -2.57. The number of benzene rings is 1. The zero-order valence-corrected chi connectivity index (χ0v) is 18.4. The van der Waals surface area contributed by atoms with Crippen molar-refractivity contribution in [2.45, 2.75) is 6.04 Å². The second-order valence-corrected chi connectivity index (χ2v) is 8.11. The van der Waals surface area contributed by atoms with Crippen LogP contribution in [0.3, 0.4) is 0 Å². The van der Waals surface area contributed by atoms with Gasteiger partial charge < -0.3 is 25.6 Å². The molecule has 32 heavy (non-hydrogen) atoms. The maximum absolute atomic E-state index is 6.40. The summed E-state index contributed by atoms with van der Waals surface area (Å²) in [6, 6.07) is 12.2. The minimum atomic E-state index is 0.458. The Kier molecular flexibility index (Phi) is 5.02. The number of anilines is 4. The summed E-state index contributed by atoms with van der Waals surface area (Å²) in [7, 11) is 5.84. The molecule has 3 aromatic heterocycles. The fourth-order valence-electron chi connectivity index (χ4n) is 3.93. The van der Waals surface area contributed by atoms with E-state index in [2.05, 4.69) is 39.3 Å². The minimum Gasteiger partial charge on any atom is -0.494 e. The molecule has 1 aliphatic rings. The van der Waals surface area contributed by atoms with E-state index in [0.29, 0.717) is 23.4 Å². The Bertz CT molecular complexity index is 1260. The number of rotatable bonds is 6. The summed E-state index contributed by atoms with van der Waals surface area (Å²) in [6.07, 6.45) is 5.44. The number of methoxy groups -OCH3 is 1. The van der Waals surface area contributed by atoms with E-state index < -0.39 is 0 Å². The normalized spacial score (nSPS) is 14.1. The van der Waals surface area contributed by atoms with Gasteiger partial charge in [-0.15, -0.1) is 0 Å². The topological polar surface area (TPSA) is 96.8 Å². The fourth-order valence-corrected chi connectivity index (χ4v) is 3.93. The van der Waals surface area contributed by atoms with Gasteiger partial charge in [-0.05, 0) is 38.4 Å². The summed E-state index contributed by atoms with van der Waals surface area (Å²) in [4.78, 5) is 13.6. The third kappa shape index (κ3) is 3.56. The summed E-state index contributed by atoms with van der Waals surface area (Å²) >= 11 is 0. The maximum atomic E-state index is 6.40. The average molecular weight is 431 g/mol. The molecule has 0 atom stereocenters. The predicted molar refractivity (Wildman–Crippen MR) is 127 cm³/mol. The Balaban J connectivity index is 1.42. The van der Waals surface area contributed by atoms with Crippen molar-refractivity contribution in [2.24, 2.45) is 0 Å². The summed E-state index contributed by atoms with van der Waals surface area (Å²) in [5, 5.41) is 7.66. The van der Waals surface area contributed by atoms with Crippen LogP contribution in [0.15, 0.2) is 55.0 Å². The van der Waals surface area contributed by atoms with Crippen LogP contribution in [0.25, 0.3) is 16.8 Å². The zero-order chi connectivity index (χ0) is 22.2. The smallest absolute Gasteiger partial charge is 0.227 e. The molecule has 164 valence electrons. The van der Waals surface area contributed by atoms with Crippen LogP contribution in [-0.4, -0.2) is 64.8 Å². The van der Waals surface area contributed by atoms with Crippen LogP contribution in [0.1, 0.15) is 0 Å². The fraction of sp³-hybridized carbons (Fsp3) is 0.261. The number of ether oxygens (including phenoxy) is 1. The number of hydrogen-bond donors (Lipinski definition) is 2. The maximum Gasteiger partial charge on any atom is 0.227 e. The first-order chi connectivity index (χ1) is 15.5. The van der Waals surface area contributed by atoms with Crippen LogP contribution in [0, 0.1) is 0 Å². The number of nitrogen functional groups attached to an aromatic ring is 1. The Hall–Kier alpha value is -3.85. The molecule has 4 heterocycles. The molecular weight excluding hydrogens is 404 g/mol. The van der Waals surface area contributed by atoms with Gasteiger partial charge in [-0.2, -0.15) is 5.10 Å². The number of fused-ring (bicyclic) bond motifs is 1. The van der Waals surface area contributed by atoms with Crippen LogP contribution >= 0.6 is 0 Å². The van der Waals surface area contributed by atoms with E-state index in [0.717, 1.165) is 41.2 Å². The number of nitrogens with two attached hydrogens (primary N) is 1. The lowest BCUT2D eigenvalue weighted by Gasteiger charge is -2.44.